The Bertz CT molecular complexity index is 283. The van der Waals surface area contributed by atoms with Crippen LogP contribution in [0, 0.1) is 5.92 Å². The molecule has 1 heterocycles. The van der Waals surface area contributed by atoms with Gasteiger partial charge in [0.1, 0.15) is 0 Å². The van der Waals surface area contributed by atoms with Crippen molar-refractivity contribution in [1.82, 2.24) is 10.6 Å². The Labute approximate surface area is 100 Å². The molecule has 1 fully saturated rings. The minimum absolute atomic E-state index is 0.149. The van der Waals surface area contributed by atoms with Gasteiger partial charge in [0.05, 0.1) is 18.1 Å². The quantitative estimate of drug-likeness (QED) is 0.496. The van der Waals surface area contributed by atoms with Crippen LogP contribution in [0.2, 0.25) is 0 Å². The predicted molar refractivity (Wildman–Crippen MR) is 61.5 cm³/mol. The van der Waals surface area contributed by atoms with Crippen molar-refractivity contribution in [3.8, 4) is 0 Å². The molecule has 0 saturated carbocycles. The normalized spacial score (nSPS) is 25.5. The lowest BCUT2D eigenvalue weighted by Gasteiger charge is -2.15. The van der Waals surface area contributed by atoms with Crippen LogP contribution >= 0.6 is 0 Å². The fourth-order valence-electron chi connectivity index (χ4n) is 1.93. The van der Waals surface area contributed by atoms with Gasteiger partial charge in [-0.25, -0.2) is 0 Å². The summed E-state index contributed by atoms with van der Waals surface area (Å²) < 4.78 is 0. The molecule has 1 aliphatic rings. The molecular formula is C11H20N2O4. The maximum atomic E-state index is 11.6. The molecule has 1 saturated heterocycles. The van der Waals surface area contributed by atoms with Crippen molar-refractivity contribution in [3.05, 3.63) is 0 Å². The van der Waals surface area contributed by atoms with Crippen LogP contribution in [-0.4, -0.2) is 47.3 Å². The second-order valence-corrected chi connectivity index (χ2v) is 4.42. The zero-order chi connectivity index (χ0) is 12.8. The molecule has 1 amide bonds. The number of rotatable bonds is 6. The third kappa shape index (κ3) is 4.32. The molecule has 3 unspecified atom stereocenters. The SMILES string of the molecule is CCCC(CNC(=O)C1CC(O)CN1)C(=O)O. The fourth-order valence-corrected chi connectivity index (χ4v) is 1.93. The van der Waals surface area contributed by atoms with E-state index in [2.05, 4.69) is 10.6 Å². The smallest absolute Gasteiger partial charge is 0.308 e. The Balaban J connectivity index is 2.33. The number of hydrogen-bond donors (Lipinski definition) is 4. The molecule has 1 aliphatic heterocycles. The first-order valence-corrected chi connectivity index (χ1v) is 5.96. The first-order valence-electron chi connectivity index (χ1n) is 5.96. The number of hydrogen-bond acceptors (Lipinski definition) is 4. The summed E-state index contributed by atoms with van der Waals surface area (Å²) in [6.45, 7) is 2.47. The first kappa shape index (κ1) is 13.9. The summed E-state index contributed by atoms with van der Waals surface area (Å²) in [5.74, 6) is -1.65. The molecular weight excluding hydrogens is 224 g/mol. The van der Waals surface area contributed by atoms with Gasteiger partial charge in [0.25, 0.3) is 0 Å². The van der Waals surface area contributed by atoms with Crippen molar-refractivity contribution in [3.63, 3.8) is 0 Å². The van der Waals surface area contributed by atoms with Crippen LogP contribution in [0.25, 0.3) is 0 Å². The van der Waals surface area contributed by atoms with E-state index >= 15 is 0 Å². The van der Waals surface area contributed by atoms with Crippen LogP contribution in [-0.2, 0) is 9.59 Å². The molecule has 1 rings (SSSR count). The highest BCUT2D eigenvalue weighted by Gasteiger charge is 2.28. The van der Waals surface area contributed by atoms with E-state index in [-0.39, 0.29) is 12.5 Å². The molecule has 0 aromatic heterocycles. The molecule has 0 aromatic rings. The van der Waals surface area contributed by atoms with E-state index < -0.39 is 24.0 Å². The Morgan fingerprint density at radius 2 is 2.24 bits per heavy atom. The van der Waals surface area contributed by atoms with Crippen molar-refractivity contribution < 1.29 is 19.8 Å². The number of aliphatic hydroxyl groups is 1. The molecule has 6 nitrogen and oxygen atoms in total. The summed E-state index contributed by atoms with van der Waals surface area (Å²) in [5, 5.41) is 23.7. The third-order valence-corrected chi connectivity index (χ3v) is 2.93. The number of amides is 1. The van der Waals surface area contributed by atoms with Crippen LogP contribution in [0.4, 0.5) is 0 Å². The van der Waals surface area contributed by atoms with Gasteiger partial charge in [0.2, 0.25) is 5.91 Å². The molecule has 0 aliphatic carbocycles. The summed E-state index contributed by atoms with van der Waals surface area (Å²) >= 11 is 0. The minimum atomic E-state index is -0.883. The van der Waals surface area contributed by atoms with E-state index in [1.807, 2.05) is 6.92 Å². The number of carbonyl (C=O) groups is 2. The second-order valence-electron chi connectivity index (χ2n) is 4.42. The number of carboxylic acids is 1. The fraction of sp³-hybridized carbons (Fsp3) is 0.818. The van der Waals surface area contributed by atoms with E-state index in [1.165, 1.54) is 0 Å². The van der Waals surface area contributed by atoms with E-state index in [4.69, 9.17) is 5.11 Å². The number of nitrogens with one attached hydrogen (secondary N) is 2. The van der Waals surface area contributed by atoms with Crippen molar-refractivity contribution in [2.75, 3.05) is 13.1 Å². The number of carboxylic acid groups (broad SMARTS) is 1. The summed E-state index contributed by atoms with van der Waals surface area (Å²) in [7, 11) is 0. The number of aliphatic carboxylic acids is 1. The summed E-state index contributed by atoms with van der Waals surface area (Å²) in [6, 6.07) is -0.402. The zero-order valence-electron chi connectivity index (χ0n) is 9.98. The topological polar surface area (TPSA) is 98.7 Å². The second kappa shape index (κ2) is 6.56. The molecule has 6 heteroatoms. The lowest BCUT2D eigenvalue weighted by atomic mass is 10.0. The van der Waals surface area contributed by atoms with E-state index in [9.17, 15) is 14.7 Å². The van der Waals surface area contributed by atoms with Gasteiger partial charge in [-0.1, -0.05) is 13.3 Å². The lowest BCUT2D eigenvalue weighted by molar-refractivity contribution is -0.142. The molecule has 0 aromatic carbocycles. The van der Waals surface area contributed by atoms with E-state index in [0.29, 0.717) is 19.4 Å². The molecule has 4 N–H and O–H groups in total. The average Bonchev–Trinajstić information content (AvgIpc) is 2.70. The largest absolute Gasteiger partial charge is 0.481 e. The zero-order valence-corrected chi connectivity index (χ0v) is 9.98. The molecule has 0 spiro atoms. The average molecular weight is 244 g/mol. The molecule has 0 bridgehead atoms. The van der Waals surface area contributed by atoms with E-state index in [0.717, 1.165) is 6.42 Å². The van der Waals surface area contributed by atoms with Crippen molar-refractivity contribution >= 4 is 11.9 Å². The van der Waals surface area contributed by atoms with Crippen molar-refractivity contribution in [1.29, 1.82) is 0 Å². The van der Waals surface area contributed by atoms with Gasteiger partial charge in [0, 0.05) is 13.1 Å². The van der Waals surface area contributed by atoms with Gasteiger partial charge < -0.3 is 20.8 Å². The minimum Gasteiger partial charge on any atom is -0.481 e. The van der Waals surface area contributed by atoms with Crippen molar-refractivity contribution in [2.24, 2.45) is 5.92 Å². The van der Waals surface area contributed by atoms with Gasteiger partial charge >= 0.3 is 5.97 Å². The van der Waals surface area contributed by atoms with Gasteiger partial charge in [-0.05, 0) is 12.8 Å². The number of aliphatic hydroxyl groups excluding tert-OH is 1. The molecule has 3 atom stereocenters. The Kier molecular flexibility index (Phi) is 5.37. The Morgan fingerprint density at radius 1 is 1.53 bits per heavy atom. The van der Waals surface area contributed by atoms with Gasteiger partial charge in [0.15, 0.2) is 0 Å². The van der Waals surface area contributed by atoms with Gasteiger partial charge in [-0.15, -0.1) is 0 Å². The Hall–Kier alpha value is -1.14. The van der Waals surface area contributed by atoms with Crippen LogP contribution in [0.1, 0.15) is 26.2 Å². The molecule has 98 valence electrons. The molecule has 17 heavy (non-hydrogen) atoms. The van der Waals surface area contributed by atoms with Crippen LogP contribution in [0.3, 0.4) is 0 Å². The predicted octanol–water partition coefficient (Wildman–Crippen LogP) is -0.674. The van der Waals surface area contributed by atoms with Crippen LogP contribution < -0.4 is 10.6 Å². The maximum absolute atomic E-state index is 11.6. The first-order chi connectivity index (χ1) is 8.04. The third-order valence-electron chi connectivity index (χ3n) is 2.93. The summed E-state index contributed by atoms with van der Waals surface area (Å²) in [4.78, 5) is 22.5. The number of carbonyl (C=O) groups excluding carboxylic acids is 1. The van der Waals surface area contributed by atoms with Crippen LogP contribution in [0.5, 0.6) is 0 Å². The van der Waals surface area contributed by atoms with Crippen LogP contribution in [0.15, 0.2) is 0 Å². The number of β-amino-alcohol motifs (C(OH)–C–C–N with tert-alkyl or cyclic N) is 1. The van der Waals surface area contributed by atoms with Gasteiger partial charge in [-0.3, -0.25) is 9.59 Å². The van der Waals surface area contributed by atoms with Crippen molar-refractivity contribution in [2.45, 2.75) is 38.3 Å². The maximum Gasteiger partial charge on any atom is 0.308 e. The highest BCUT2D eigenvalue weighted by atomic mass is 16.4. The summed E-state index contributed by atoms with van der Waals surface area (Å²) in [5.41, 5.74) is 0. The standard InChI is InChI=1S/C11H20N2O4/c1-2-3-7(11(16)17)5-13-10(15)9-4-8(14)6-12-9/h7-9,12,14H,2-6H2,1H3,(H,13,15)(H,16,17). The highest BCUT2D eigenvalue weighted by Crippen LogP contribution is 2.08. The molecule has 0 radical (unpaired) electrons. The van der Waals surface area contributed by atoms with Gasteiger partial charge in [-0.2, -0.15) is 0 Å². The highest BCUT2D eigenvalue weighted by molar-refractivity contribution is 5.82. The Morgan fingerprint density at radius 3 is 2.71 bits per heavy atom. The monoisotopic (exact) mass is 244 g/mol. The van der Waals surface area contributed by atoms with E-state index in [1.54, 1.807) is 0 Å². The summed E-state index contributed by atoms with van der Waals surface area (Å²) in [6.07, 6.45) is 1.22. The lowest BCUT2D eigenvalue weighted by Crippen LogP contribution is -2.43.